The Morgan fingerprint density at radius 2 is 2.00 bits per heavy atom. The van der Waals surface area contributed by atoms with Crippen molar-refractivity contribution in [3.8, 4) is 0 Å². The lowest BCUT2D eigenvalue weighted by Gasteiger charge is -2.18. The van der Waals surface area contributed by atoms with Crippen LogP contribution in [-0.2, 0) is 6.61 Å². The minimum Gasteiger partial charge on any atom is -0.390 e. The summed E-state index contributed by atoms with van der Waals surface area (Å²) in [6.07, 6.45) is -2.40. The number of nitrogens with zero attached hydrogens (tertiary/aromatic N) is 3. The molecule has 90 valence electrons. The lowest BCUT2D eigenvalue weighted by Crippen LogP contribution is -2.24. The normalized spacial score (nSPS) is 11.6. The molecule has 0 saturated carbocycles. The van der Waals surface area contributed by atoms with Crippen molar-refractivity contribution >= 4 is 5.82 Å². The second-order valence-corrected chi connectivity index (χ2v) is 3.31. The lowest BCUT2D eigenvalue weighted by atomic mass is 10.4. The van der Waals surface area contributed by atoms with Gasteiger partial charge in [-0.1, -0.05) is 0 Å². The van der Waals surface area contributed by atoms with Crippen LogP contribution in [0.3, 0.4) is 0 Å². The quantitative estimate of drug-likeness (QED) is 0.856. The second kappa shape index (κ2) is 5.11. The zero-order valence-corrected chi connectivity index (χ0v) is 8.70. The van der Waals surface area contributed by atoms with Crippen LogP contribution in [0.4, 0.5) is 19.0 Å². The third kappa shape index (κ3) is 4.01. The Balaban J connectivity index is 2.56. The minimum absolute atomic E-state index is 0.170. The van der Waals surface area contributed by atoms with Gasteiger partial charge in [0.2, 0.25) is 0 Å². The summed E-state index contributed by atoms with van der Waals surface area (Å²) in [5, 5.41) is 8.71. The molecule has 0 aliphatic rings. The van der Waals surface area contributed by atoms with Gasteiger partial charge in [-0.25, -0.2) is 4.98 Å². The van der Waals surface area contributed by atoms with Crippen LogP contribution in [0.1, 0.15) is 12.1 Å². The highest BCUT2D eigenvalue weighted by molar-refractivity contribution is 5.34. The summed E-state index contributed by atoms with van der Waals surface area (Å²) in [4.78, 5) is 9.08. The number of anilines is 1. The molecule has 1 heterocycles. The number of hydrogen-bond acceptors (Lipinski definition) is 4. The number of aromatic nitrogens is 2. The fourth-order valence-electron chi connectivity index (χ4n) is 1.04. The maximum atomic E-state index is 12.0. The maximum Gasteiger partial charge on any atom is 0.390 e. The molecule has 0 amide bonds. The highest BCUT2D eigenvalue weighted by atomic mass is 19.4. The maximum absolute atomic E-state index is 12.0. The fourth-order valence-corrected chi connectivity index (χ4v) is 1.04. The first kappa shape index (κ1) is 12.7. The van der Waals surface area contributed by atoms with E-state index in [1.54, 1.807) is 0 Å². The van der Waals surface area contributed by atoms with E-state index in [1.165, 1.54) is 24.3 Å². The standard InChI is InChI=1S/C9H12F3N3O/c1-15(3-2-9(10,11)12)8-5-13-7(6-16)4-14-8/h4-5,16H,2-3,6H2,1H3. The summed E-state index contributed by atoms with van der Waals surface area (Å²) in [6.45, 7) is -0.407. The molecule has 16 heavy (non-hydrogen) atoms. The number of rotatable bonds is 4. The number of hydrogen-bond donors (Lipinski definition) is 1. The van der Waals surface area contributed by atoms with Gasteiger partial charge in [0.15, 0.2) is 0 Å². The number of halogens is 3. The van der Waals surface area contributed by atoms with E-state index < -0.39 is 12.6 Å². The smallest absolute Gasteiger partial charge is 0.390 e. The van der Waals surface area contributed by atoms with E-state index in [4.69, 9.17) is 5.11 Å². The Morgan fingerprint density at radius 3 is 2.44 bits per heavy atom. The molecule has 4 nitrogen and oxygen atoms in total. The summed E-state index contributed by atoms with van der Waals surface area (Å²) in [5.41, 5.74) is 0.382. The van der Waals surface area contributed by atoms with Crippen LogP contribution in [0.2, 0.25) is 0 Å². The predicted molar refractivity (Wildman–Crippen MR) is 51.9 cm³/mol. The van der Waals surface area contributed by atoms with E-state index in [1.807, 2.05) is 0 Å². The van der Waals surface area contributed by atoms with E-state index >= 15 is 0 Å². The average molecular weight is 235 g/mol. The van der Waals surface area contributed by atoms with Gasteiger partial charge in [-0.2, -0.15) is 13.2 Å². The molecule has 0 saturated heterocycles. The van der Waals surface area contributed by atoms with E-state index in [2.05, 4.69) is 9.97 Å². The van der Waals surface area contributed by atoms with Crippen LogP contribution in [0, 0.1) is 0 Å². The third-order valence-corrected chi connectivity index (χ3v) is 1.98. The van der Waals surface area contributed by atoms with E-state index in [-0.39, 0.29) is 13.2 Å². The summed E-state index contributed by atoms with van der Waals surface area (Å²) in [6, 6.07) is 0. The summed E-state index contributed by atoms with van der Waals surface area (Å²) >= 11 is 0. The van der Waals surface area contributed by atoms with Crippen molar-refractivity contribution in [1.29, 1.82) is 0 Å². The topological polar surface area (TPSA) is 49.2 Å². The van der Waals surface area contributed by atoms with Gasteiger partial charge >= 0.3 is 6.18 Å². The molecule has 7 heteroatoms. The van der Waals surface area contributed by atoms with Gasteiger partial charge in [-0.05, 0) is 0 Å². The minimum atomic E-state index is -4.17. The molecule has 0 unspecified atom stereocenters. The third-order valence-electron chi connectivity index (χ3n) is 1.98. The number of alkyl halides is 3. The van der Waals surface area contributed by atoms with Gasteiger partial charge in [0, 0.05) is 13.6 Å². The van der Waals surface area contributed by atoms with Crippen molar-refractivity contribution < 1.29 is 18.3 Å². The zero-order valence-electron chi connectivity index (χ0n) is 8.70. The Morgan fingerprint density at radius 1 is 1.31 bits per heavy atom. The van der Waals surface area contributed by atoms with Crippen molar-refractivity contribution in [1.82, 2.24) is 9.97 Å². The first-order valence-electron chi connectivity index (χ1n) is 4.62. The molecular formula is C9H12F3N3O. The summed E-state index contributed by atoms with van der Waals surface area (Å²) in [5.74, 6) is 0.349. The number of aliphatic hydroxyl groups is 1. The largest absolute Gasteiger partial charge is 0.390 e. The predicted octanol–water partition coefficient (Wildman–Crippen LogP) is 1.36. The molecule has 0 radical (unpaired) electrons. The molecule has 1 aromatic rings. The van der Waals surface area contributed by atoms with E-state index in [0.717, 1.165) is 0 Å². The first-order chi connectivity index (χ1) is 7.42. The summed E-state index contributed by atoms with van der Waals surface area (Å²) in [7, 11) is 1.51. The monoisotopic (exact) mass is 235 g/mol. The molecule has 0 aliphatic carbocycles. The second-order valence-electron chi connectivity index (χ2n) is 3.31. The first-order valence-corrected chi connectivity index (χ1v) is 4.62. The van der Waals surface area contributed by atoms with Gasteiger partial charge in [-0.3, -0.25) is 4.98 Å². The van der Waals surface area contributed by atoms with Gasteiger partial charge in [0.05, 0.1) is 31.1 Å². The van der Waals surface area contributed by atoms with Crippen LogP contribution in [0.5, 0.6) is 0 Å². The van der Waals surface area contributed by atoms with Gasteiger partial charge < -0.3 is 10.0 Å². The lowest BCUT2D eigenvalue weighted by molar-refractivity contribution is -0.132. The van der Waals surface area contributed by atoms with Crippen molar-refractivity contribution in [3.05, 3.63) is 18.1 Å². The molecule has 0 aliphatic heterocycles. The van der Waals surface area contributed by atoms with Crippen molar-refractivity contribution in [3.63, 3.8) is 0 Å². The molecule has 0 atom stereocenters. The molecule has 0 aromatic carbocycles. The highest BCUT2D eigenvalue weighted by Gasteiger charge is 2.27. The Hall–Kier alpha value is -1.37. The summed E-state index contributed by atoms with van der Waals surface area (Å²) < 4.78 is 35.9. The molecule has 1 aromatic heterocycles. The zero-order chi connectivity index (χ0) is 12.2. The van der Waals surface area contributed by atoms with Crippen molar-refractivity contribution in [2.45, 2.75) is 19.2 Å². The highest BCUT2D eigenvalue weighted by Crippen LogP contribution is 2.20. The van der Waals surface area contributed by atoms with E-state index in [0.29, 0.717) is 11.5 Å². The van der Waals surface area contributed by atoms with Crippen LogP contribution in [-0.4, -0.2) is 34.8 Å². The Labute approximate surface area is 90.7 Å². The van der Waals surface area contributed by atoms with E-state index in [9.17, 15) is 13.2 Å². The average Bonchev–Trinajstić information content (AvgIpc) is 2.25. The Kier molecular flexibility index (Phi) is 4.05. The molecule has 1 N–H and O–H groups in total. The van der Waals surface area contributed by atoms with Crippen molar-refractivity contribution in [2.24, 2.45) is 0 Å². The van der Waals surface area contributed by atoms with Gasteiger partial charge in [-0.15, -0.1) is 0 Å². The van der Waals surface area contributed by atoms with Gasteiger partial charge in [0.25, 0.3) is 0 Å². The molecule has 1 rings (SSSR count). The van der Waals surface area contributed by atoms with Crippen LogP contribution < -0.4 is 4.90 Å². The van der Waals surface area contributed by atoms with Crippen LogP contribution in [0.25, 0.3) is 0 Å². The van der Waals surface area contributed by atoms with Crippen molar-refractivity contribution in [2.75, 3.05) is 18.5 Å². The molecular weight excluding hydrogens is 223 g/mol. The van der Waals surface area contributed by atoms with Gasteiger partial charge in [0.1, 0.15) is 5.82 Å². The fraction of sp³-hybridized carbons (Fsp3) is 0.556. The number of aliphatic hydroxyl groups excluding tert-OH is 1. The molecule has 0 fully saturated rings. The molecule has 0 bridgehead atoms. The Bertz CT molecular complexity index is 326. The van der Waals surface area contributed by atoms with Crippen LogP contribution in [0.15, 0.2) is 12.4 Å². The molecule has 0 spiro atoms. The SMILES string of the molecule is CN(CCC(F)(F)F)c1cnc(CO)cn1. The van der Waals surface area contributed by atoms with Crippen LogP contribution >= 0.6 is 0 Å².